The van der Waals surface area contributed by atoms with Crippen molar-refractivity contribution in [2.45, 2.75) is 38.8 Å². The lowest BCUT2D eigenvalue weighted by molar-refractivity contribution is -0.123. The summed E-state index contributed by atoms with van der Waals surface area (Å²) >= 11 is 0. The van der Waals surface area contributed by atoms with Crippen molar-refractivity contribution in [3.8, 4) is 0 Å². The number of carbonyl (C=O) groups is 1. The molecule has 0 aromatic heterocycles. The zero-order chi connectivity index (χ0) is 16.9. The minimum Gasteiger partial charge on any atom is -0.382 e. The van der Waals surface area contributed by atoms with Crippen LogP contribution in [0.3, 0.4) is 0 Å². The second-order valence-corrected chi connectivity index (χ2v) is 7.19. The van der Waals surface area contributed by atoms with Crippen LogP contribution in [0.4, 0.5) is 5.69 Å². The molecule has 3 rings (SSSR count). The Morgan fingerprint density at radius 1 is 1.42 bits per heavy atom. The number of likely N-dealkylation sites (tertiary alicyclic amines) is 1. The maximum Gasteiger partial charge on any atom is 0.221 e. The number of piperidine rings is 1. The van der Waals surface area contributed by atoms with E-state index in [0.29, 0.717) is 12.0 Å². The quantitative estimate of drug-likeness (QED) is 0.839. The van der Waals surface area contributed by atoms with Gasteiger partial charge in [0.05, 0.1) is 12.5 Å². The van der Waals surface area contributed by atoms with Gasteiger partial charge in [-0.15, -0.1) is 0 Å². The van der Waals surface area contributed by atoms with Crippen molar-refractivity contribution in [1.29, 1.82) is 0 Å². The van der Waals surface area contributed by atoms with Gasteiger partial charge in [-0.25, -0.2) is 0 Å². The van der Waals surface area contributed by atoms with E-state index in [1.165, 1.54) is 11.3 Å². The molecule has 2 fully saturated rings. The van der Waals surface area contributed by atoms with Crippen LogP contribution in [0.5, 0.6) is 0 Å². The third kappa shape index (κ3) is 4.28. The first kappa shape index (κ1) is 17.2. The normalized spacial score (nSPS) is 26.2. The van der Waals surface area contributed by atoms with Crippen LogP contribution in [-0.4, -0.2) is 43.2 Å². The number of benzene rings is 1. The Morgan fingerprint density at radius 2 is 2.25 bits per heavy atom. The van der Waals surface area contributed by atoms with Crippen molar-refractivity contribution in [1.82, 2.24) is 4.90 Å². The molecule has 0 bridgehead atoms. The van der Waals surface area contributed by atoms with Crippen molar-refractivity contribution in [2.24, 2.45) is 17.6 Å². The van der Waals surface area contributed by atoms with Gasteiger partial charge < -0.3 is 15.8 Å². The summed E-state index contributed by atoms with van der Waals surface area (Å²) in [5, 5.41) is 3.68. The van der Waals surface area contributed by atoms with Crippen LogP contribution in [0, 0.1) is 11.8 Å². The fourth-order valence-electron chi connectivity index (χ4n) is 3.78. The van der Waals surface area contributed by atoms with E-state index in [9.17, 15) is 4.79 Å². The zero-order valence-corrected chi connectivity index (χ0v) is 14.5. The number of amides is 1. The summed E-state index contributed by atoms with van der Waals surface area (Å²) in [5.41, 5.74) is 7.98. The second kappa shape index (κ2) is 7.99. The third-order valence-electron chi connectivity index (χ3n) is 5.37. The van der Waals surface area contributed by atoms with Gasteiger partial charge in [-0.05, 0) is 44.4 Å². The molecule has 0 spiro atoms. The molecule has 2 aliphatic rings. The highest BCUT2D eigenvalue weighted by Crippen LogP contribution is 2.25. The van der Waals surface area contributed by atoms with Crippen LogP contribution >= 0.6 is 0 Å². The number of anilines is 1. The van der Waals surface area contributed by atoms with Gasteiger partial charge in [0.2, 0.25) is 5.91 Å². The van der Waals surface area contributed by atoms with E-state index in [2.05, 4.69) is 41.4 Å². The number of nitrogens with zero attached hydrogens (tertiary/aromatic N) is 1. The molecule has 2 saturated heterocycles. The van der Waals surface area contributed by atoms with Gasteiger partial charge in [0, 0.05) is 37.3 Å². The van der Waals surface area contributed by atoms with Gasteiger partial charge in [-0.1, -0.05) is 18.2 Å². The molecule has 2 aliphatic heterocycles. The Bertz CT molecular complexity index is 557. The molecule has 3 atom stereocenters. The van der Waals surface area contributed by atoms with Gasteiger partial charge in [0.1, 0.15) is 0 Å². The lowest BCUT2D eigenvalue weighted by atomic mass is 9.96. The van der Waals surface area contributed by atoms with Gasteiger partial charge in [-0.3, -0.25) is 9.69 Å². The molecule has 5 heteroatoms. The molecule has 0 aliphatic carbocycles. The smallest absolute Gasteiger partial charge is 0.221 e. The molecule has 1 aromatic rings. The van der Waals surface area contributed by atoms with Crippen molar-refractivity contribution in [2.75, 3.05) is 31.6 Å². The van der Waals surface area contributed by atoms with E-state index < -0.39 is 0 Å². The summed E-state index contributed by atoms with van der Waals surface area (Å²) in [5.74, 6) is 0.404. The number of hydrogen-bond donors (Lipinski definition) is 2. The molecule has 1 aromatic carbocycles. The predicted molar refractivity (Wildman–Crippen MR) is 95.6 cm³/mol. The molecule has 0 radical (unpaired) electrons. The van der Waals surface area contributed by atoms with Gasteiger partial charge >= 0.3 is 0 Å². The van der Waals surface area contributed by atoms with E-state index in [0.717, 1.165) is 52.1 Å². The predicted octanol–water partition coefficient (Wildman–Crippen LogP) is 2.22. The average molecular weight is 331 g/mol. The largest absolute Gasteiger partial charge is 0.382 e. The first-order valence-corrected chi connectivity index (χ1v) is 9.07. The van der Waals surface area contributed by atoms with E-state index >= 15 is 0 Å². The number of nitrogens with two attached hydrogens (primary N) is 1. The fraction of sp³-hybridized carbons (Fsp3) is 0.632. The number of para-hydroxylation sites is 1. The summed E-state index contributed by atoms with van der Waals surface area (Å²) in [6.07, 6.45) is 3.09. The highest BCUT2D eigenvalue weighted by atomic mass is 16.5. The van der Waals surface area contributed by atoms with Crippen LogP contribution in [0.15, 0.2) is 24.3 Å². The van der Waals surface area contributed by atoms with Crippen molar-refractivity contribution in [3.05, 3.63) is 29.8 Å². The SMILES string of the molecule is C[C@H](Nc1ccccc1CN1CCC[C@H](C(N)=O)C1)[C@H]1CCOC1. The minimum atomic E-state index is -0.166. The van der Waals surface area contributed by atoms with Crippen molar-refractivity contribution in [3.63, 3.8) is 0 Å². The van der Waals surface area contributed by atoms with Crippen LogP contribution in [0.1, 0.15) is 31.7 Å². The number of primary amides is 1. The van der Waals surface area contributed by atoms with Gasteiger partial charge in [-0.2, -0.15) is 0 Å². The standard InChI is InChI=1S/C19H29N3O2/c1-14(17-8-10-24-13-17)21-18-7-3-2-5-15(18)11-22-9-4-6-16(12-22)19(20)23/h2-3,5,7,14,16-17,21H,4,6,8-13H2,1H3,(H2,20,23)/t14-,16-,17-/m0/s1. The Balaban J connectivity index is 1.64. The van der Waals surface area contributed by atoms with Crippen LogP contribution in [0.25, 0.3) is 0 Å². The van der Waals surface area contributed by atoms with E-state index in [-0.39, 0.29) is 11.8 Å². The Morgan fingerprint density at radius 3 is 3.00 bits per heavy atom. The molecule has 132 valence electrons. The Kier molecular flexibility index (Phi) is 5.74. The topological polar surface area (TPSA) is 67.6 Å². The zero-order valence-electron chi connectivity index (χ0n) is 14.5. The highest BCUT2D eigenvalue weighted by molar-refractivity contribution is 5.76. The number of rotatable bonds is 6. The van der Waals surface area contributed by atoms with E-state index in [1.54, 1.807) is 0 Å². The maximum atomic E-state index is 11.5. The molecule has 24 heavy (non-hydrogen) atoms. The first-order valence-electron chi connectivity index (χ1n) is 9.07. The third-order valence-corrected chi connectivity index (χ3v) is 5.37. The molecule has 0 unspecified atom stereocenters. The summed E-state index contributed by atoms with van der Waals surface area (Å²) in [6, 6.07) is 8.88. The molecule has 1 amide bonds. The molecule has 2 heterocycles. The average Bonchev–Trinajstić information content (AvgIpc) is 3.11. The lowest BCUT2D eigenvalue weighted by Gasteiger charge is -2.32. The van der Waals surface area contributed by atoms with Crippen LogP contribution < -0.4 is 11.1 Å². The monoisotopic (exact) mass is 331 g/mol. The fourth-order valence-corrected chi connectivity index (χ4v) is 3.78. The van der Waals surface area contributed by atoms with E-state index in [4.69, 9.17) is 10.5 Å². The number of hydrogen-bond acceptors (Lipinski definition) is 4. The van der Waals surface area contributed by atoms with Gasteiger partial charge in [0.15, 0.2) is 0 Å². The number of nitrogens with one attached hydrogen (secondary N) is 1. The van der Waals surface area contributed by atoms with E-state index in [1.807, 2.05) is 0 Å². The van der Waals surface area contributed by atoms with Crippen molar-refractivity contribution < 1.29 is 9.53 Å². The Hall–Kier alpha value is -1.59. The first-order chi connectivity index (χ1) is 11.6. The molecular formula is C19H29N3O2. The molecule has 5 nitrogen and oxygen atoms in total. The van der Waals surface area contributed by atoms with Crippen molar-refractivity contribution >= 4 is 11.6 Å². The summed E-state index contributed by atoms with van der Waals surface area (Å²) in [6.45, 7) is 6.63. The maximum absolute atomic E-state index is 11.5. The van der Waals surface area contributed by atoms with Crippen LogP contribution in [0.2, 0.25) is 0 Å². The van der Waals surface area contributed by atoms with Crippen LogP contribution in [-0.2, 0) is 16.1 Å². The lowest BCUT2D eigenvalue weighted by Crippen LogP contribution is -2.40. The molecular weight excluding hydrogens is 302 g/mol. The highest BCUT2D eigenvalue weighted by Gasteiger charge is 2.25. The van der Waals surface area contributed by atoms with Gasteiger partial charge in [0.25, 0.3) is 0 Å². The number of ether oxygens (including phenoxy) is 1. The minimum absolute atomic E-state index is 0.00608. The summed E-state index contributed by atoms with van der Waals surface area (Å²) < 4.78 is 5.51. The molecule has 0 saturated carbocycles. The Labute approximate surface area is 144 Å². The molecule has 3 N–H and O–H groups in total. The summed E-state index contributed by atoms with van der Waals surface area (Å²) in [7, 11) is 0. The summed E-state index contributed by atoms with van der Waals surface area (Å²) in [4.78, 5) is 13.8. The number of carbonyl (C=O) groups excluding carboxylic acids is 1. The second-order valence-electron chi connectivity index (χ2n) is 7.19.